The van der Waals surface area contributed by atoms with Gasteiger partial charge in [0.2, 0.25) is 0 Å². The third kappa shape index (κ3) is 3.73. The molecule has 0 radical (unpaired) electrons. The van der Waals surface area contributed by atoms with E-state index in [-0.39, 0.29) is 5.69 Å². The molecule has 0 aliphatic heterocycles. The van der Waals surface area contributed by atoms with Crippen LogP contribution in [0.25, 0.3) is 10.2 Å². The van der Waals surface area contributed by atoms with Crippen LogP contribution in [0, 0.1) is 10.1 Å². The fourth-order valence-corrected chi connectivity index (χ4v) is 3.39. The van der Waals surface area contributed by atoms with Crippen molar-refractivity contribution < 1.29 is 9.72 Å². The molecule has 0 fully saturated rings. The average Bonchev–Trinajstić information content (AvgIpc) is 2.86. The molecular formula is C14H8Cl2N4O3S. The summed E-state index contributed by atoms with van der Waals surface area (Å²) >= 11 is 12.9. The highest BCUT2D eigenvalue weighted by Gasteiger charge is 2.12. The smallest absolute Gasteiger partial charge is 0.308 e. The Balaban J connectivity index is 1.76. The van der Waals surface area contributed by atoms with Crippen molar-refractivity contribution in [3.05, 3.63) is 56.6 Å². The molecule has 0 bridgehead atoms. The molecule has 2 amide bonds. The molecule has 1 aromatic heterocycles. The van der Waals surface area contributed by atoms with Crippen LogP contribution >= 0.6 is 34.5 Å². The summed E-state index contributed by atoms with van der Waals surface area (Å²) in [6.07, 6.45) is 0. The normalized spacial score (nSPS) is 10.6. The van der Waals surface area contributed by atoms with Gasteiger partial charge in [-0.2, -0.15) is 0 Å². The number of benzene rings is 2. The summed E-state index contributed by atoms with van der Waals surface area (Å²) in [6.45, 7) is 0. The lowest BCUT2D eigenvalue weighted by Gasteiger charge is -2.06. The van der Waals surface area contributed by atoms with E-state index in [9.17, 15) is 14.9 Å². The van der Waals surface area contributed by atoms with Crippen molar-refractivity contribution >= 4 is 67.3 Å². The molecule has 0 saturated carbocycles. The third-order valence-electron chi connectivity index (χ3n) is 2.92. The molecule has 0 aliphatic rings. The van der Waals surface area contributed by atoms with Crippen LogP contribution in [0.3, 0.4) is 0 Å². The Bertz CT molecular complexity index is 940. The maximum absolute atomic E-state index is 12.0. The molecular weight excluding hydrogens is 375 g/mol. The van der Waals surface area contributed by atoms with Gasteiger partial charge in [0.1, 0.15) is 0 Å². The van der Waals surface area contributed by atoms with Gasteiger partial charge in [-0.15, -0.1) is 0 Å². The number of nitro benzene ring substituents is 1. The monoisotopic (exact) mass is 382 g/mol. The van der Waals surface area contributed by atoms with Crippen molar-refractivity contribution in [1.82, 2.24) is 4.98 Å². The first-order valence-electron chi connectivity index (χ1n) is 6.50. The topological polar surface area (TPSA) is 97.2 Å². The standard InChI is InChI=1S/C14H8Cl2N4O3S/c15-7-3-8(16)5-9(4-7)17-13(21)19-14-18-11-2-1-10(20(22)23)6-12(11)24-14/h1-6H,(H2,17,18,19,21). The first-order chi connectivity index (χ1) is 11.4. The average molecular weight is 383 g/mol. The van der Waals surface area contributed by atoms with Crippen molar-refractivity contribution in [3.63, 3.8) is 0 Å². The molecule has 2 N–H and O–H groups in total. The summed E-state index contributed by atoms with van der Waals surface area (Å²) in [5.41, 5.74) is 0.962. The second kappa shape index (κ2) is 6.60. The van der Waals surface area contributed by atoms with Gasteiger partial charge in [0.15, 0.2) is 5.13 Å². The molecule has 122 valence electrons. The second-order valence-corrected chi connectivity index (χ2v) is 6.57. The zero-order valence-corrected chi connectivity index (χ0v) is 14.1. The second-order valence-electron chi connectivity index (χ2n) is 4.67. The molecule has 3 rings (SSSR count). The van der Waals surface area contributed by atoms with Gasteiger partial charge in [-0.3, -0.25) is 15.4 Å². The quantitative estimate of drug-likeness (QED) is 0.483. The van der Waals surface area contributed by atoms with Crippen molar-refractivity contribution in [1.29, 1.82) is 0 Å². The van der Waals surface area contributed by atoms with Crippen LogP contribution in [0.5, 0.6) is 0 Å². The van der Waals surface area contributed by atoms with Gasteiger partial charge in [-0.25, -0.2) is 9.78 Å². The summed E-state index contributed by atoms with van der Waals surface area (Å²) in [4.78, 5) is 26.5. The number of nitrogens with zero attached hydrogens (tertiary/aromatic N) is 2. The van der Waals surface area contributed by atoms with Gasteiger partial charge >= 0.3 is 6.03 Å². The van der Waals surface area contributed by atoms with E-state index in [0.717, 1.165) is 11.3 Å². The highest BCUT2D eigenvalue weighted by atomic mass is 35.5. The predicted molar refractivity (Wildman–Crippen MR) is 95.4 cm³/mol. The van der Waals surface area contributed by atoms with Gasteiger partial charge in [0.05, 0.1) is 15.1 Å². The lowest BCUT2D eigenvalue weighted by atomic mass is 10.3. The number of nitrogens with one attached hydrogen (secondary N) is 2. The Hall–Kier alpha value is -2.42. The fourth-order valence-electron chi connectivity index (χ4n) is 1.97. The number of non-ortho nitro benzene ring substituents is 1. The Labute approximate surface area is 149 Å². The van der Waals surface area contributed by atoms with Gasteiger partial charge in [-0.05, 0) is 24.3 Å². The van der Waals surface area contributed by atoms with Gasteiger partial charge in [0, 0.05) is 27.9 Å². The van der Waals surface area contributed by atoms with E-state index in [1.165, 1.54) is 18.2 Å². The van der Waals surface area contributed by atoms with Crippen molar-refractivity contribution in [3.8, 4) is 0 Å². The number of carbonyl (C=O) groups is 1. The van der Waals surface area contributed by atoms with Crippen LogP contribution in [-0.2, 0) is 0 Å². The molecule has 24 heavy (non-hydrogen) atoms. The van der Waals surface area contributed by atoms with E-state index in [2.05, 4.69) is 15.6 Å². The van der Waals surface area contributed by atoms with Gasteiger partial charge in [-0.1, -0.05) is 34.5 Å². The summed E-state index contributed by atoms with van der Waals surface area (Å²) < 4.78 is 0.602. The minimum Gasteiger partial charge on any atom is -0.308 e. The van der Waals surface area contributed by atoms with Crippen LogP contribution in [0.15, 0.2) is 36.4 Å². The van der Waals surface area contributed by atoms with Gasteiger partial charge in [0.25, 0.3) is 5.69 Å². The lowest BCUT2D eigenvalue weighted by molar-refractivity contribution is -0.384. The van der Waals surface area contributed by atoms with Crippen molar-refractivity contribution in [2.75, 3.05) is 10.6 Å². The zero-order valence-electron chi connectivity index (χ0n) is 11.7. The summed E-state index contributed by atoms with van der Waals surface area (Å²) in [7, 11) is 0. The number of halogens is 2. The molecule has 0 aliphatic carbocycles. The van der Waals surface area contributed by atoms with E-state index in [1.54, 1.807) is 18.2 Å². The number of anilines is 2. The Morgan fingerprint density at radius 1 is 1.12 bits per heavy atom. The van der Waals surface area contributed by atoms with Crippen molar-refractivity contribution in [2.24, 2.45) is 0 Å². The lowest BCUT2D eigenvalue weighted by Crippen LogP contribution is -2.19. The summed E-state index contributed by atoms with van der Waals surface area (Å²) in [5, 5.41) is 17.0. The molecule has 3 aromatic rings. The maximum Gasteiger partial charge on any atom is 0.325 e. The first-order valence-corrected chi connectivity index (χ1v) is 8.07. The van der Waals surface area contributed by atoms with Crippen LogP contribution in [0.1, 0.15) is 0 Å². The highest BCUT2D eigenvalue weighted by Crippen LogP contribution is 2.29. The van der Waals surface area contributed by atoms with E-state index in [0.29, 0.717) is 31.1 Å². The van der Waals surface area contributed by atoms with Gasteiger partial charge < -0.3 is 5.32 Å². The third-order valence-corrected chi connectivity index (χ3v) is 4.29. The number of amides is 2. The highest BCUT2D eigenvalue weighted by molar-refractivity contribution is 7.22. The number of rotatable bonds is 3. The van der Waals surface area contributed by atoms with Crippen LogP contribution in [0.4, 0.5) is 21.3 Å². The van der Waals surface area contributed by atoms with Crippen LogP contribution < -0.4 is 10.6 Å². The van der Waals surface area contributed by atoms with Crippen LogP contribution in [0.2, 0.25) is 10.0 Å². The largest absolute Gasteiger partial charge is 0.325 e. The SMILES string of the molecule is O=C(Nc1cc(Cl)cc(Cl)c1)Nc1nc2ccc([N+](=O)[O-])cc2s1. The van der Waals surface area contributed by atoms with Crippen molar-refractivity contribution in [2.45, 2.75) is 0 Å². The number of carbonyl (C=O) groups excluding carboxylic acids is 1. The number of nitro groups is 1. The Morgan fingerprint density at radius 3 is 2.50 bits per heavy atom. The molecule has 10 heteroatoms. The maximum atomic E-state index is 12.0. The predicted octanol–water partition coefficient (Wildman–Crippen LogP) is 5.16. The number of hydrogen-bond donors (Lipinski definition) is 2. The molecule has 0 unspecified atom stereocenters. The number of hydrogen-bond acceptors (Lipinski definition) is 5. The molecule has 2 aromatic carbocycles. The van der Waals surface area contributed by atoms with E-state index in [1.807, 2.05) is 0 Å². The van der Waals surface area contributed by atoms with E-state index < -0.39 is 11.0 Å². The number of aromatic nitrogens is 1. The van der Waals surface area contributed by atoms with E-state index >= 15 is 0 Å². The molecule has 0 spiro atoms. The first kappa shape index (κ1) is 16.4. The number of thiazole rings is 1. The molecule has 1 heterocycles. The summed E-state index contributed by atoms with van der Waals surface area (Å²) in [6, 6.07) is 8.42. The van der Waals surface area contributed by atoms with Crippen LogP contribution in [-0.4, -0.2) is 15.9 Å². The molecule has 0 atom stereocenters. The Morgan fingerprint density at radius 2 is 1.83 bits per heavy atom. The molecule has 7 nitrogen and oxygen atoms in total. The Kier molecular flexibility index (Phi) is 4.52. The fraction of sp³-hybridized carbons (Fsp3) is 0. The number of urea groups is 1. The minimum absolute atomic E-state index is 0.0317. The molecule has 0 saturated heterocycles. The van der Waals surface area contributed by atoms with E-state index in [4.69, 9.17) is 23.2 Å². The zero-order chi connectivity index (χ0) is 17.3. The number of fused-ring (bicyclic) bond motifs is 1. The summed E-state index contributed by atoms with van der Waals surface area (Å²) in [5.74, 6) is 0. The minimum atomic E-state index is -0.526.